The molecule has 0 fully saturated rings. The summed E-state index contributed by atoms with van der Waals surface area (Å²) >= 11 is 0. The van der Waals surface area contributed by atoms with Gasteiger partial charge in [0.25, 0.3) is 0 Å². The zero-order valence-electron chi connectivity index (χ0n) is 12.1. The monoisotopic (exact) mass is 294 g/mol. The van der Waals surface area contributed by atoms with Crippen molar-refractivity contribution in [3.8, 4) is 0 Å². The number of carboxylic acid groups (broad SMARTS) is 1. The summed E-state index contributed by atoms with van der Waals surface area (Å²) in [4.78, 5) is 33.2. The Hall–Kier alpha value is -2.57. The zero-order chi connectivity index (χ0) is 16.0. The summed E-state index contributed by atoms with van der Waals surface area (Å²) in [7, 11) is 0. The van der Waals surface area contributed by atoms with Gasteiger partial charge in [-0.1, -0.05) is 0 Å². The number of nitrogens with one attached hydrogen (secondary N) is 2. The fraction of sp³-hybridized carbons (Fsp3) is 0.357. The topological polar surface area (TPSA) is 105 Å². The van der Waals surface area contributed by atoms with E-state index in [0.29, 0.717) is 11.4 Å². The minimum atomic E-state index is -1.20. The number of anilines is 2. The van der Waals surface area contributed by atoms with Crippen molar-refractivity contribution in [3.05, 3.63) is 24.3 Å². The van der Waals surface area contributed by atoms with Gasteiger partial charge >= 0.3 is 12.1 Å². The highest BCUT2D eigenvalue weighted by Gasteiger charge is 2.16. The first-order chi connectivity index (χ1) is 9.65. The molecular formula is C14H18N2O5. The number of benzene rings is 1. The summed E-state index contributed by atoms with van der Waals surface area (Å²) in [5, 5.41) is 13.4. The Morgan fingerprint density at radius 2 is 1.52 bits per heavy atom. The third kappa shape index (κ3) is 6.95. The number of amides is 2. The lowest BCUT2D eigenvalue weighted by Crippen LogP contribution is -2.27. The zero-order valence-corrected chi connectivity index (χ0v) is 12.1. The van der Waals surface area contributed by atoms with Crippen LogP contribution in [-0.2, 0) is 14.3 Å². The van der Waals surface area contributed by atoms with Gasteiger partial charge in [-0.15, -0.1) is 0 Å². The number of rotatable bonds is 4. The Balaban J connectivity index is 2.56. The molecule has 7 nitrogen and oxygen atoms in total. The van der Waals surface area contributed by atoms with Crippen LogP contribution in [0.15, 0.2) is 24.3 Å². The summed E-state index contributed by atoms with van der Waals surface area (Å²) in [5.74, 6) is -1.81. The summed E-state index contributed by atoms with van der Waals surface area (Å²) < 4.78 is 5.10. The molecule has 0 aliphatic carbocycles. The first kappa shape index (κ1) is 16.5. The van der Waals surface area contributed by atoms with Crippen LogP contribution >= 0.6 is 0 Å². The molecule has 0 bridgehead atoms. The Labute approximate surface area is 122 Å². The first-order valence-electron chi connectivity index (χ1n) is 6.27. The van der Waals surface area contributed by atoms with E-state index in [9.17, 15) is 14.4 Å². The van der Waals surface area contributed by atoms with E-state index in [4.69, 9.17) is 9.84 Å². The van der Waals surface area contributed by atoms with E-state index in [0.717, 1.165) is 0 Å². The smallest absolute Gasteiger partial charge is 0.412 e. The maximum Gasteiger partial charge on any atom is 0.412 e. The van der Waals surface area contributed by atoms with Crippen molar-refractivity contribution in [1.29, 1.82) is 0 Å². The molecule has 1 rings (SSSR count). The second kappa shape index (κ2) is 6.74. The number of hydrogen-bond acceptors (Lipinski definition) is 4. The number of hydrogen-bond donors (Lipinski definition) is 3. The molecule has 0 saturated heterocycles. The van der Waals surface area contributed by atoms with E-state index in [1.165, 1.54) is 0 Å². The lowest BCUT2D eigenvalue weighted by atomic mass is 10.2. The molecule has 1 aromatic rings. The molecule has 1 aromatic carbocycles. The average molecular weight is 294 g/mol. The van der Waals surface area contributed by atoms with Crippen LogP contribution < -0.4 is 10.6 Å². The Morgan fingerprint density at radius 1 is 1.05 bits per heavy atom. The van der Waals surface area contributed by atoms with Gasteiger partial charge in [-0.25, -0.2) is 4.79 Å². The standard InChI is InChI=1S/C14H18N2O5/c1-14(2,3)21-13(20)16-10-6-4-9(5-7-10)15-11(17)8-12(18)19/h4-7H,8H2,1-3H3,(H,15,17)(H,16,20)(H,18,19). The molecule has 0 aliphatic rings. The summed E-state index contributed by atoms with van der Waals surface area (Å²) in [6.45, 7) is 5.27. The predicted molar refractivity (Wildman–Crippen MR) is 77.2 cm³/mol. The molecule has 114 valence electrons. The Kier molecular flexibility index (Phi) is 5.29. The maximum atomic E-state index is 11.5. The van der Waals surface area contributed by atoms with Gasteiger partial charge in [-0.05, 0) is 45.0 Å². The SMILES string of the molecule is CC(C)(C)OC(=O)Nc1ccc(NC(=O)CC(=O)O)cc1. The first-order valence-corrected chi connectivity index (χ1v) is 6.27. The van der Waals surface area contributed by atoms with E-state index < -0.39 is 30.0 Å². The largest absolute Gasteiger partial charge is 0.481 e. The highest BCUT2D eigenvalue weighted by Crippen LogP contribution is 2.15. The average Bonchev–Trinajstić information content (AvgIpc) is 2.27. The molecule has 0 aliphatic heterocycles. The molecular weight excluding hydrogens is 276 g/mol. The van der Waals surface area contributed by atoms with Gasteiger partial charge in [0.2, 0.25) is 5.91 Å². The van der Waals surface area contributed by atoms with Crippen molar-refractivity contribution in [2.45, 2.75) is 32.8 Å². The number of carbonyl (C=O) groups is 3. The van der Waals surface area contributed by atoms with E-state index in [2.05, 4.69) is 10.6 Å². The van der Waals surface area contributed by atoms with Crippen molar-refractivity contribution in [2.24, 2.45) is 0 Å². The van der Waals surface area contributed by atoms with Crippen LogP contribution in [0.1, 0.15) is 27.2 Å². The van der Waals surface area contributed by atoms with Crippen molar-refractivity contribution in [3.63, 3.8) is 0 Å². The van der Waals surface area contributed by atoms with Gasteiger partial charge in [-0.2, -0.15) is 0 Å². The molecule has 0 heterocycles. The van der Waals surface area contributed by atoms with E-state index >= 15 is 0 Å². The summed E-state index contributed by atoms with van der Waals surface area (Å²) in [6.07, 6.45) is -1.18. The molecule has 0 atom stereocenters. The third-order valence-electron chi connectivity index (χ3n) is 2.13. The second-order valence-corrected chi connectivity index (χ2v) is 5.32. The molecule has 7 heteroatoms. The lowest BCUT2D eigenvalue weighted by molar-refractivity contribution is -0.139. The Bertz CT molecular complexity index is 531. The quantitative estimate of drug-likeness (QED) is 0.740. The van der Waals surface area contributed by atoms with E-state index in [1.807, 2.05) is 0 Å². The number of carbonyl (C=O) groups excluding carboxylic acids is 2. The minimum Gasteiger partial charge on any atom is -0.481 e. The molecule has 21 heavy (non-hydrogen) atoms. The van der Waals surface area contributed by atoms with Gasteiger partial charge in [0.15, 0.2) is 0 Å². The van der Waals surface area contributed by atoms with Crippen LogP contribution in [0, 0.1) is 0 Å². The molecule has 2 amide bonds. The van der Waals surface area contributed by atoms with Crippen LogP contribution in [0.4, 0.5) is 16.2 Å². The van der Waals surface area contributed by atoms with Crippen molar-refractivity contribution < 1.29 is 24.2 Å². The Morgan fingerprint density at radius 3 is 1.95 bits per heavy atom. The number of ether oxygens (including phenoxy) is 1. The fourth-order valence-electron chi connectivity index (χ4n) is 1.40. The van der Waals surface area contributed by atoms with Gasteiger partial charge in [0, 0.05) is 11.4 Å². The molecule has 3 N–H and O–H groups in total. The van der Waals surface area contributed by atoms with Gasteiger partial charge < -0.3 is 15.2 Å². The van der Waals surface area contributed by atoms with Crippen molar-refractivity contribution in [1.82, 2.24) is 0 Å². The van der Waals surface area contributed by atoms with Crippen LogP contribution in [0.5, 0.6) is 0 Å². The van der Waals surface area contributed by atoms with E-state index in [1.54, 1.807) is 45.0 Å². The number of carboxylic acids is 1. The molecule has 0 spiro atoms. The normalized spacial score (nSPS) is 10.6. The predicted octanol–water partition coefficient (Wildman–Crippen LogP) is 2.45. The van der Waals surface area contributed by atoms with E-state index in [-0.39, 0.29) is 0 Å². The van der Waals surface area contributed by atoms with Crippen molar-refractivity contribution >= 4 is 29.3 Å². The lowest BCUT2D eigenvalue weighted by Gasteiger charge is -2.19. The van der Waals surface area contributed by atoms with Crippen LogP contribution in [0.3, 0.4) is 0 Å². The highest BCUT2D eigenvalue weighted by molar-refractivity contribution is 6.01. The van der Waals surface area contributed by atoms with Crippen LogP contribution in [0.25, 0.3) is 0 Å². The number of aliphatic carboxylic acids is 1. The molecule has 0 radical (unpaired) electrons. The van der Waals surface area contributed by atoms with Gasteiger partial charge in [0.1, 0.15) is 12.0 Å². The maximum absolute atomic E-state index is 11.5. The van der Waals surface area contributed by atoms with Crippen LogP contribution in [0.2, 0.25) is 0 Å². The van der Waals surface area contributed by atoms with Crippen molar-refractivity contribution in [2.75, 3.05) is 10.6 Å². The second-order valence-electron chi connectivity index (χ2n) is 5.32. The summed E-state index contributed by atoms with van der Waals surface area (Å²) in [6, 6.07) is 6.24. The fourth-order valence-corrected chi connectivity index (χ4v) is 1.40. The third-order valence-corrected chi connectivity index (χ3v) is 2.13. The van der Waals surface area contributed by atoms with Gasteiger partial charge in [-0.3, -0.25) is 14.9 Å². The molecule has 0 unspecified atom stereocenters. The van der Waals surface area contributed by atoms with Gasteiger partial charge in [0.05, 0.1) is 0 Å². The molecule has 0 saturated carbocycles. The minimum absolute atomic E-state index is 0.441. The highest BCUT2D eigenvalue weighted by atomic mass is 16.6. The van der Waals surface area contributed by atoms with Crippen LogP contribution in [-0.4, -0.2) is 28.7 Å². The summed E-state index contributed by atoms with van der Waals surface area (Å²) in [5.41, 5.74) is 0.353. The molecule has 0 aromatic heterocycles.